The Kier molecular flexibility index (Phi) is 4.92. The van der Waals surface area contributed by atoms with Crippen LogP contribution in [0, 0.1) is 0 Å². The lowest BCUT2D eigenvalue weighted by molar-refractivity contribution is 0.0343. The summed E-state index contributed by atoms with van der Waals surface area (Å²) in [5.41, 5.74) is 6.56. The maximum absolute atomic E-state index is 11.3. The molecule has 0 aromatic heterocycles. The van der Waals surface area contributed by atoms with Crippen molar-refractivity contribution in [2.75, 3.05) is 18.2 Å². The van der Waals surface area contributed by atoms with Gasteiger partial charge in [0.2, 0.25) is 0 Å². The highest BCUT2D eigenvalue weighted by atomic mass is 79.9. The number of hydrogen-bond acceptors (Lipinski definition) is 5. The molecule has 2 atom stereocenters. The third kappa shape index (κ3) is 3.18. The Balaban J connectivity index is 3.00. The number of esters is 1. The van der Waals surface area contributed by atoms with E-state index in [0.29, 0.717) is 5.56 Å². The number of carbonyl (C=O) groups excluding carboxylic acids is 1. The van der Waals surface area contributed by atoms with Gasteiger partial charge in [-0.15, -0.1) is 0 Å². The van der Waals surface area contributed by atoms with Crippen LogP contribution in [0.3, 0.4) is 0 Å². The van der Waals surface area contributed by atoms with Crippen LogP contribution in [0.1, 0.15) is 22.0 Å². The van der Waals surface area contributed by atoms with Crippen molar-refractivity contribution in [3.05, 3.63) is 29.3 Å². The Morgan fingerprint density at radius 3 is 2.65 bits per heavy atom. The van der Waals surface area contributed by atoms with Gasteiger partial charge in [0.1, 0.15) is 6.10 Å². The zero-order valence-electron chi connectivity index (χ0n) is 9.26. The van der Waals surface area contributed by atoms with Gasteiger partial charge in [0, 0.05) is 11.0 Å². The molecule has 4 N–H and O–H groups in total. The Hall–Kier alpha value is -1.11. The quantitative estimate of drug-likeness (QED) is 0.435. The standard InChI is InChI=1S/C11H14BrNO4/c1-17-11(16)7-3-2-6(4-8(7)13)10(15)9(14)5-12/h2-4,9-10,14-15H,5,13H2,1H3. The normalized spacial score (nSPS) is 14.1. The van der Waals surface area contributed by atoms with Gasteiger partial charge in [-0.05, 0) is 17.7 Å². The molecule has 0 fully saturated rings. The van der Waals surface area contributed by atoms with Crippen molar-refractivity contribution >= 4 is 27.6 Å². The first-order valence-electron chi connectivity index (χ1n) is 4.91. The molecule has 0 bridgehead atoms. The molecule has 94 valence electrons. The summed E-state index contributed by atoms with van der Waals surface area (Å²) in [5, 5.41) is 19.5. The van der Waals surface area contributed by atoms with E-state index in [1.807, 2.05) is 0 Å². The van der Waals surface area contributed by atoms with Crippen LogP contribution in [0.2, 0.25) is 0 Å². The van der Waals surface area contributed by atoms with Gasteiger partial charge < -0.3 is 20.7 Å². The minimum atomic E-state index is -1.05. The van der Waals surface area contributed by atoms with Gasteiger partial charge in [-0.2, -0.15) is 0 Å². The molecule has 5 nitrogen and oxygen atoms in total. The Morgan fingerprint density at radius 1 is 1.53 bits per heavy atom. The molecular weight excluding hydrogens is 290 g/mol. The molecule has 1 aromatic carbocycles. The minimum Gasteiger partial charge on any atom is -0.465 e. The lowest BCUT2D eigenvalue weighted by Gasteiger charge is -2.16. The first kappa shape index (κ1) is 14.0. The van der Waals surface area contributed by atoms with Crippen LogP contribution in [-0.4, -0.2) is 34.7 Å². The average Bonchev–Trinajstić information content (AvgIpc) is 2.35. The zero-order chi connectivity index (χ0) is 13.0. The number of methoxy groups -OCH3 is 1. The summed E-state index contributed by atoms with van der Waals surface area (Å²) in [6, 6.07) is 4.43. The maximum Gasteiger partial charge on any atom is 0.339 e. The van der Waals surface area contributed by atoms with Gasteiger partial charge in [-0.1, -0.05) is 22.0 Å². The van der Waals surface area contributed by atoms with Crippen LogP contribution in [-0.2, 0) is 4.74 Å². The summed E-state index contributed by atoms with van der Waals surface area (Å²) >= 11 is 3.06. The Morgan fingerprint density at radius 2 is 2.18 bits per heavy atom. The highest BCUT2D eigenvalue weighted by Gasteiger charge is 2.19. The SMILES string of the molecule is COC(=O)c1ccc(C(O)C(O)CBr)cc1N. The van der Waals surface area contributed by atoms with Crippen molar-refractivity contribution in [1.29, 1.82) is 0 Å². The van der Waals surface area contributed by atoms with Crippen molar-refractivity contribution in [2.45, 2.75) is 12.2 Å². The molecule has 0 aliphatic carbocycles. The van der Waals surface area contributed by atoms with Crippen LogP contribution in [0.15, 0.2) is 18.2 Å². The van der Waals surface area contributed by atoms with E-state index in [2.05, 4.69) is 20.7 Å². The Labute approximate surface area is 107 Å². The molecule has 0 amide bonds. The first-order valence-corrected chi connectivity index (χ1v) is 6.03. The molecule has 0 aliphatic heterocycles. The molecular formula is C11H14BrNO4. The van der Waals surface area contributed by atoms with Crippen molar-refractivity contribution in [2.24, 2.45) is 0 Å². The summed E-state index contributed by atoms with van der Waals surface area (Å²) in [7, 11) is 1.26. The summed E-state index contributed by atoms with van der Waals surface area (Å²) in [6.45, 7) is 0. The van der Waals surface area contributed by atoms with Crippen LogP contribution in [0.25, 0.3) is 0 Å². The van der Waals surface area contributed by atoms with E-state index in [1.165, 1.54) is 25.3 Å². The highest BCUT2D eigenvalue weighted by molar-refractivity contribution is 9.09. The summed E-state index contributed by atoms with van der Waals surface area (Å²) in [4.78, 5) is 11.3. The van der Waals surface area contributed by atoms with E-state index in [9.17, 15) is 15.0 Å². The number of alkyl halides is 1. The maximum atomic E-state index is 11.3. The monoisotopic (exact) mass is 303 g/mol. The zero-order valence-corrected chi connectivity index (χ0v) is 10.8. The van der Waals surface area contributed by atoms with Gasteiger partial charge >= 0.3 is 5.97 Å². The summed E-state index contributed by atoms with van der Waals surface area (Å²) < 4.78 is 4.55. The number of ether oxygens (including phenoxy) is 1. The highest BCUT2D eigenvalue weighted by Crippen LogP contribution is 2.23. The fourth-order valence-corrected chi connectivity index (χ4v) is 1.72. The predicted molar refractivity (Wildman–Crippen MR) is 67.0 cm³/mol. The topological polar surface area (TPSA) is 92.8 Å². The first-order chi connectivity index (χ1) is 8.01. The van der Waals surface area contributed by atoms with Crippen molar-refractivity contribution in [3.63, 3.8) is 0 Å². The molecule has 0 heterocycles. The van der Waals surface area contributed by atoms with E-state index >= 15 is 0 Å². The summed E-state index contributed by atoms with van der Waals surface area (Å²) in [6.07, 6.45) is -1.98. The largest absolute Gasteiger partial charge is 0.465 e. The van der Waals surface area contributed by atoms with Crippen LogP contribution < -0.4 is 5.73 Å². The van der Waals surface area contributed by atoms with Crippen LogP contribution >= 0.6 is 15.9 Å². The predicted octanol–water partition coefficient (Wildman–Crippen LogP) is 0.845. The lowest BCUT2D eigenvalue weighted by atomic mass is 10.0. The smallest absolute Gasteiger partial charge is 0.339 e. The van der Waals surface area contributed by atoms with Gasteiger partial charge in [0.15, 0.2) is 0 Å². The van der Waals surface area contributed by atoms with Gasteiger partial charge in [-0.25, -0.2) is 4.79 Å². The third-order valence-corrected chi connectivity index (χ3v) is 3.01. The molecule has 0 aliphatic rings. The average molecular weight is 304 g/mol. The van der Waals surface area contributed by atoms with Crippen LogP contribution in [0.4, 0.5) is 5.69 Å². The van der Waals surface area contributed by atoms with E-state index in [-0.39, 0.29) is 16.6 Å². The molecule has 0 spiro atoms. The third-order valence-electron chi connectivity index (χ3n) is 2.35. The molecule has 2 unspecified atom stereocenters. The number of aliphatic hydroxyl groups is 2. The minimum absolute atomic E-state index is 0.204. The number of halogens is 1. The number of benzene rings is 1. The van der Waals surface area contributed by atoms with Crippen molar-refractivity contribution in [3.8, 4) is 0 Å². The Bertz CT molecular complexity index is 410. The molecule has 1 rings (SSSR count). The van der Waals surface area contributed by atoms with Gasteiger partial charge in [-0.3, -0.25) is 0 Å². The van der Waals surface area contributed by atoms with Crippen molar-refractivity contribution in [1.82, 2.24) is 0 Å². The fraction of sp³-hybridized carbons (Fsp3) is 0.364. The number of aliphatic hydroxyl groups excluding tert-OH is 2. The molecule has 1 aromatic rings. The molecule has 0 saturated carbocycles. The number of nitrogens with two attached hydrogens (primary N) is 1. The second-order valence-electron chi connectivity index (χ2n) is 3.50. The lowest BCUT2D eigenvalue weighted by Crippen LogP contribution is -2.20. The van der Waals surface area contributed by atoms with E-state index in [1.54, 1.807) is 0 Å². The van der Waals surface area contributed by atoms with Gasteiger partial charge in [0.25, 0.3) is 0 Å². The van der Waals surface area contributed by atoms with E-state index < -0.39 is 18.2 Å². The molecule has 6 heteroatoms. The molecule has 17 heavy (non-hydrogen) atoms. The number of carbonyl (C=O) groups is 1. The second kappa shape index (κ2) is 6.00. The number of rotatable bonds is 4. The second-order valence-corrected chi connectivity index (χ2v) is 4.15. The molecule has 0 saturated heterocycles. The number of anilines is 1. The van der Waals surface area contributed by atoms with Crippen LogP contribution in [0.5, 0.6) is 0 Å². The van der Waals surface area contributed by atoms with Gasteiger partial charge in [0.05, 0.1) is 18.8 Å². The van der Waals surface area contributed by atoms with E-state index in [0.717, 1.165) is 0 Å². The number of nitrogen functional groups attached to an aromatic ring is 1. The number of hydrogen-bond donors (Lipinski definition) is 3. The summed E-state index contributed by atoms with van der Waals surface area (Å²) in [5.74, 6) is -0.537. The van der Waals surface area contributed by atoms with Crippen molar-refractivity contribution < 1.29 is 19.7 Å². The molecule has 0 radical (unpaired) electrons. The fourth-order valence-electron chi connectivity index (χ4n) is 1.37. The van der Waals surface area contributed by atoms with E-state index in [4.69, 9.17) is 5.73 Å².